The monoisotopic (exact) mass is 253 g/mol. The molecule has 1 aromatic carbocycles. The molecule has 0 radical (unpaired) electrons. The van der Waals surface area contributed by atoms with Crippen LogP contribution in [0.2, 0.25) is 0 Å². The number of halogens is 1. The number of thioether (sulfide) groups is 1. The van der Waals surface area contributed by atoms with Crippen LogP contribution in [-0.4, -0.2) is 19.6 Å². The maximum absolute atomic E-state index is 13.1. The maximum atomic E-state index is 13.1. The molecule has 1 aliphatic heterocycles. The van der Waals surface area contributed by atoms with Crippen LogP contribution in [-0.2, 0) is 9.53 Å². The molecule has 0 saturated carbocycles. The topological polar surface area (TPSA) is 29.5 Å². The van der Waals surface area contributed by atoms with E-state index in [1.54, 1.807) is 24.9 Å². The van der Waals surface area contributed by atoms with Crippen LogP contribution in [0.25, 0.3) is 0 Å². The average molecular weight is 253 g/mol. The van der Waals surface area contributed by atoms with E-state index in [1.165, 1.54) is 30.0 Å². The summed E-state index contributed by atoms with van der Waals surface area (Å²) in [6.07, 6.45) is 1.42. The first-order valence-electron chi connectivity index (χ1n) is 5.21. The van der Waals surface area contributed by atoms with E-state index in [-0.39, 0.29) is 11.8 Å². The summed E-state index contributed by atoms with van der Waals surface area (Å²) in [5, 5.41) is 0.740. The lowest BCUT2D eigenvalue weighted by Gasteiger charge is -2.12. The van der Waals surface area contributed by atoms with Crippen molar-refractivity contribution in [1.29, 1.82) is 0 Å². The van der Waals surface area contributed by atoms with Crippen molar-refractivity contribution in [2.45, 2.75) is 11.8 Å². The summed E-state index contributed by atoms with van der Waals surface area (Å²) in [6, 6.07) is 4.57. The third-order valence-electron chi connectivity index (χ3n) is 2.36. The Bertz CT molecular complexity index is 487. The van der Waals surface area contributed by atoms with E-state index in [2.05, 4.69) is 0 Å². The summed E-state index contributed by atoms with van der Waals surface area (Å²) in [4.78, 5) is 14.1. The highest BCUT2D eigenvalue weighted by atomic mass is 32.2. The Morgan fingerprint density at radius 1 is 1.59 bits per heavy atom. The Morgan fingerprint density at radius 2 is 2.35 bits per heavy atom. The molecule has 0 N–H and O–H groups in total. The quantitative estimate of drug-likeness (QED) is 0.599. The minimum Gasteiger partial charge on any atom is -0.463 e. The minimum atomic E-state index is -0.380. The second-order valence-corrected chi connectivity index (χ2v) is 4.57. The molecule has 90 valence electrons. The van der Waals surface area contributed by atoms with Gasteiger partial charge in [0.05, 0.1) is 23.4 Å². The number of rotatable bonds is 2. The SMILES string of the molecule is CCOC(=O)C=C1Sc2ccc(F)cc2N1C. The van der Waals surface area contributed by atoms with Gasteiger partial charge in [-0.25, -0.2) is 9.18 Å². The zero-order chi connectivity index (χ0) is 12.4. The molecule has 0 unspecified atom stereocenters. The molecule has 0 atom stereocenters. The van der Waals surface area contributed by atoms with Gasteiger partial charge < -0.3 is 9.64 Å². The van der Waals surface area contributed by atoms with Gasteiger partial charge in [0.15, 0.2) is 0 Å². The zero-order valence-corrected chi connectivity index (χ0v) is 10.4. The van der Waals surface area contributed by atoms with E-state index < -0.39 is 0 Å². The van der Waals surface area contributed by atoms with Crippen LogP contribution in [0.1, 0.15) is 6.92 Å². The molecule has 1 aromatic rings. The van der Waals surface area contributed by atoms with E-state index in [9.17, 15) is 9.18 Å². The Balaban J connectivity index is 2.25. The number of ether oxygens (including phenoxy) is 1. The number of esters is 1. The zero-order valence-electron chi connectivity index (χ0n) is 9.57. The fourth-order valence-electron chi connectivity index (χ4n) is 1.55. The van der Waals surface area contributed by atoms with Crippen molar-refractivity contribution in [3.63, 3.8) is 0 Å². The highest BCUT2D eigenvalue weighted by Gasteiger charge is 2.23. The Kier molecular flexibility index (Phi) is 3.38. The van der Waals surface area contributed by atoms with Gasteiger partial charge in [-0.2, -0.15) is 0 Å². The van der Waals surface area contributed by atoms with Crippen molar-refractivity contribution < 1.29 is 13.9 Å². The molecule has 0 aliphatic carbocycles. The molecule has 17 heavy (non-hydrogen) atoms. The summed E-state index contributed by atoms with van der Waals surface area (Å²) in [5.41, 5.74) is 0.769. The number of carbonyl (C=O) groups excluding carboxylic acids is 1. The van der Waals surface area contributed by atoms with Crippen molar-refractivity contribution in [3.8, 4) is 0 Å². The average Bonchev–Trinajstić information content (AvgIpc) is 2.57. The summed E-state index contributed by atoms with van der Waals surface area (Å²) in [7, 11) is 1.79. The fourth-order valence-corrected chi connectivity index (χ4v) is 2.60. The number of benzene rings is 1. The smallest absolute Gasteiger partial charge is 0.333 e. The van der Waals surface area contributed by atoms with Crippen LogP contribution in [0.15, 0.2) is 34.2 Å². The van der Waals surface area contributed by atoms with E-state index in [0.29, 0.717) is 6.61 Å². The maximum Gasteiger partial charge on any atom is 0.333 e. The van der Waals surface area contributed by atoms with Gasteiger partial charge in [-0.15, -0.1) is 0 Å². The van der Waals surface area contributed by atoms with Crippen LogP contribution in [0.4, 0.5) is 10.1 Å². The second kappa shape index (κ2) is 4.79. The Hall–Kier alpha value is -1.49. The second-order valence-electron chi connectivity index (χ2n) is 3.51. The van der Waals surface area contributed by atoms with Crippen LogP contribution in [0.3, 0.4) is 0 Å². The molecule has 0 fully saturated rings. The first kappa shape index (κ1) is 12.0. The number of nitrogens with zero attached hydrogens (tertiary/aromatic N) is 1. The number of hydrogen-bond acceptors (Lipinski definition) is 4. The summed E-state index contributed by atoms with van der Waals surface area (Å²) in [5.74, 6) is -0.663. The van der Waals surface area contributed by atoms with Gasteiger partial charge in [-0.3, -0.25) is 0 Å². The molecule has 3 nitrogen and oxygen atoms in total. The van der Waals surface area contributed by atoms with Crippen LogP contribution in [0.5, 0.6) is 0 Å². The summed E-state index contributed by atoms with van der Waals surface area (Å²) < 4.78 is 17.9. The van der Waals surface area contributed by atoms with Gasteiger partial charge in [0.2, 0.25) is 0 Å². The standard InChI is InChI=1S/C12H12FNO2S/c1-3-16-12(15)7-11-14(2)9-6-8(13)4-5-10(9)17-11/h4-7H,3H2,1-2H3. The molecule has 0 saturated heterocycles. The van der Waals surface area contributed by atoms with Crippen molar-refractivity contribution in [2.75, 3.05) is 18.6 Å². The third kappa shape index (κ3) is 2.44. The highest BCUT2D eigenvalue weighted by Crippen LogP contribution is 2.44. The lowest BCUT2D eigenvalue weighted by molar-refractivity contribution is -0.137. The van der Waals surface area contributed by atoms with Crippen molar-refractivity contribution >= 4 is 23.4 Å². The van der Waals surface area contributed by atoms with Crippen LogP contribution >= 0.6 is 11.8 Å². The normalized spacial score (nSPS) is 16.2. The summed E-state index contributed by atoms with van der Waals surface area (Å²) in [6.45, 7) is 2.10. The Labute approximate surface area is 103 Å². The molecule has 0 spiro atoms. The molecular weight excluding hydrogens is 241 g/mol. The van der Waals surface area contributed by atoms with Gasteiger partial charge in [0, 0.05) is 11.9 Å². The van der Waals surface area contributed by atoms with Crippen LogP contribution in [0, 0.1) is 5.82 Å². The highest BCUT2D eigenvalue weighted by molar-refractivity contribution is 8.03. The number of carbonyl (C=O) groups is 1. The molecule has 1 heterocycles. The van der Waals surface area contributed by atoms with Gasteiger partial charge >= 0.3 is 5.97 Å². The predicted octanol–water partition coefficient (Wildman–Crippen LogP) is 2.77. The molecule has 0 amide bonds. The molecular formula is C12H12FNO2S. The minimum absolute atomic E-state index is 0.284. The lowest BCUT2D eigenvalue weighted by atomic mass is 10.3. The first-order chi connectivity index (χ1) is 8.11. The molecule has 1 aliphatic rings. The molecule has 2 rings (SSSR count). The van der Waals surface area contributed by atoms with Crippen molar-refractivity contribution in [2.24, 2.45) is 0 Å². The van der Waals surface area contributed by atoms with E-state index in [1.807, 2.05) is 0 Å². The van der Waals surface area contributed by atoms with Crippen molar-refractivity contribution in [3.05, 3.63) is 35.1 Å². The van der Waals surface area contributed by atoms with Gasteiger partial charge in [0.25, 0.3) is 0 Å². The number of fused-ring (bicyclic) bond motifs is 1. The Morgan fingerprint density at radius 3 is 3.06 bits per heavy atom. The fraction of sp³-hybridized carbons (Fsp3) is 0.250. The molecule has 0 bridgehead atoms. The van der Waals surface area contributed by atoms with Crippen molar-refractivity contribution in [1.82, 2.24) is 0 Å². The van der Waals surface area contributed by atoms with E-state index >= 15 is 0 Å². The van der Waals surface area contributed by atoms with Crippen LogP contribution < -0.4 is 4.90 Å². The largest absolute Gasteiger partial charge is 0.463 e. The van der Waals surface area contributed by atoms with E-state index in [0.717, 1.165) is 15.6 Å². The summed E-state index contributed by atoms with van der Waals surface area (Å²) >= 11 is 1.43. The third-order valence-corrected chi connectivity index (χ3v) is 3.52. The lowest BCUT2D eigenvalue weighted by Crippen LogP contribution is -2.12. The van der Waals surface area contributed by atoms with Gasteiger partial charge in [-0.1, -0.05) is 11.8 Å². The van der Waals surface area contributed by atoms with Gasteiger partial charge in [0.1, 0.15) is 5.82 Å². The predicted molar refractivity (Wildman–Crippen MR) is 65.4 cm³/mol. The number of hydrogen-bond donors (Lipinski definition) is 0. The molecule has 0 aromatic heterocycles. The van der Waals surface area contributed by atoms with Gasteiger partial charge in [-0.05, 0) is 25.1 Å². The van der Waals surface area contributed by atoms with E-state index in [4.69, 9.17) is 4.74 Å². The first-order valence-corrected chi connectivity index (χ1v) is 6.03. The molecule has 5 heteroatoms. The number of anilines is 1.